The maximum Gasteiger partial charge on any atom is 0.306 e. The van der Waals surface area contributed by atoms with E-state index in [2.05, 4.69) is 72.0 Å². The van der Waals surface area contributed by atoms with E-state index in [1.165, 1.54) is 22.3 Å². The standard InChI is InChI=1S/C33H44N4O3/c1-7-40-32(38)17-30(29-12-13-31(35-5)33(36-34)23(29)4)24-9-8-22(3)27(15-24)20-37-18-21(2)14-26-16-28(39-6)11-10-25(26)19-37/h8-13,15-16,21,30,35-36H,7,14,17-20,34H2,1-6H3. The van der Waals surface area contributed by atoms with Crippen LogP contribution in [0.25, 0.3) is 0 Å². The number of rotatable bonds is 10. The van der Waals surface area contributed by atoms with Gasteiger partial charge in [-0.1, -0.05) is 37.3 Å². The maximum absolute atomic E-state index is 12.8. The fourth-order valence-electron chi connectivity index (χ4n) is 5.99. The molecule has 1 heterocycles. The van der Waals surface area contributed by atoms with Gasteiger partial charge in [0.15, 0.2) is 0 Å². The number of esters is 1. The van der Waals surface area contributed by atoms with Crippen molar-refractivity contribution in [1.82, 2.24) is 4.90 Å². The molecular formula is C33H44N4O3. The molecule has 0 bridgehead atoms. The largest absolute Gasteiger partial charge is 0.497 e. The second kappa shape index (κ2) is 13.2. The zero-order valence-corrected chi connectivity index (χ0v) is 24.8. The first-order valence-electron chi connectivity index (χ1n) is 14.2. The van der Waals surface area contributed by atoms with Crippen molar-refractivity contribution in [3.63, 3.8) is 0 Å². The molecule has 0 spiro atoms. The van der Waals surface area contributed by atoms with Crippen LogP contribution in [0, 0.1) is 19.8 Å². The zero-order valence-electron chi connectivity index (χ0n) is 24.8. The fourth-order valence-corrected chi connectivity index (χ4v) is 5.99. The number of benzene rings is 3. The van der Waals surface area contributed by atoms with E-state index in [0.717, 1.165) is 59.9 Å². The van der Waals surface area contributed by atoms with E-state index in [0.29, 0.717) is 12.5 Å². The lowest BCUT2D eigenvalue weighted by Crippen LogP contribution is -2.26. The van der Waals surface area contributed by atoms with Gasteiger partial charge in [0, 0.05) is 32.6 Å². The highest BCUT2D eigenvalue weighted by Gasteiger charge is 2.25. The number of methoxy groups -OCH3 is 1. The first-order valence-corrected chi connectivity index (χ1v) is 14.2. The van der Waals surface area contributed by atoms with Gasteiger partial charge in [0.2, 0.25) is 0 Å². The second-order valence-corrected chi connectivity index (χ2v) is 11.0. The number of nitrogens with one attached hydrogen (secondary N) is 2. The van der Waals surface area contributed by atoms with E-state index in [-0.39, 0.29) is 18.3 Å². The summed E-state index contributed by atoms with van der Waals surface area (Å²) in [6.45, 7) is 11.5. The van der Waals surface area contributed by atoms with Gasteiger partial charge < -0.3 is 20.2 Å². The van der Waals surface area contributed by atoms with E-state index >= 15 is 0 Å². The van der Waals surface area contributed by atoms with Crippen LogP contribution in [0.1, 0.15) is 65.1 Å². The Kier molecular flexibility index (Phi) is 9.71. The van der Waals surface area contributed by atoms with Crippen LogP contribution in [0.2, 0.25) is 0 Å². The van der Waals surface area contributed by atoms with Gasteiger partial charge in [0.05, 0.1) is 31.5 Å². The van der Waals surface area contributed by atoms with Crippen molar-refractivity contribution in [3.05, 3.63) is 87.5 Å². The van der Waals surface area contributed by atoms with Crippen molar-refractivity contribution in [2.24, 2.45) is 11.8 Å². The molecule has 0 saturated carbocycles. The summed E-state index contributed by atoms with van der Waals surface area (Å²) in [6.07, 6.45) is 1.30. The van der Waals surface area contributed by atoms with Crippen LogP contribution in [0.15, 0.2) is 48.5 Å². The Morgan fingerprint density at radius 3 is 2.62 bits per heavy atom. The van der Waals surface area contributed by atoms with E-state index in [1.807, 2.05) is 27.0 Å². The number of carbonyl (C=O) groups excluding carboxylic acids is 1. The lowest BCUT2D eigenvalue weighted by atomic mass is 9.84. The summed E-state index contributed by atoms with van der Waals surface area (Å²) in [5, 5.41) is 3.19. The molecule has 40 heavy (non-hydrogen) atoms. The molecule has 2 unspecified atom stereocenters. The lowest BCUT2D eigenvalue weighted by molar-refractivity contribution is -0.143. The number of hydrazine groups is 1. The van der Waals surface area contributed by atoms with Gasteiger partial charge in [-0.25, -0.2) is 0 Å². The summed E-state index contributed by atoms with van der Waals surface area (Å²) in [4.78, 5) is 15.3. The molecular weight excluding hydrogens is 500 g/mol. The number of ether oxygens (including phenoxy) is 2. The normalized spacial score (nSPS) is 16.0. The molecule has 0 saturated heterocycles. The Morgan fingerprint density at radius 2 is 1.93 bits per heavy atom. The number of carbonyl (C=O) groups is 1. The third-order valence-corrected chi connectivity index (χ3v) is 8.09. The summed E-state index contributed by atoms with van der Waals surface area (Å²) in [7, 11) is 3.60. The lowest BCUT2D eigenvalue weighted by Gasteiger charge is -2.26. The summed E-state index contributed by atoms with van der Waals surface area (Å²) < 4.78 is 10.9. The highest BCUT2D eigenvalue weighted by molar-refractivity contribution is 5.76. The Bertz CT molecular complexity index is 1340. The molecule has 2 atom stereocenters. The number of nitrogens with two attached hydrogens (primary N) is 1. The predicted molar refractivity (Wildman–Crippen MR) is 163 cm³/mol. The van der Waals surface area contributed by atoms with Crippen molar-refractivity contribution in [2.75, 3.05) is 38.1 Å². The van der Waals surface area contributed by atoms with Gasteiger partial charge in [-0.2, -0.15) is 0 Å². The maximum atomic E-state index is 12.8. The molecule has 0 aromatic heterocycles. The smallest absolute Gasteiger partial charge is 0.306 e. The van der Waals surface area contributed by atoms with Crippen molar-refractivity contribution in [3.8, 4) is 5.75 Å². The minimum Gasteiger partial charge on any atom is -0.497 e. The highest BCUT2D eigenvalue weighted by atomic mass is 16.5. The van der Waals surface area contributed by atoms with Crippen molar-refractivity contribution in [1.29, 1.82) is 0 Å². The molecule has 3 aromatic rings. The number of anilines is 2. The third kappa shape index (κ3) is 6.60. The van der Waals surface area contributed by atoms with Crippen LogP contribution in [0.3, 0.4) is 0 Å². The van der Waals surface area contributed by atoms with Crippen LogP contribution in [0.5, 0.6) is 5.75 Å². The monoisotopic (exact) mass is 544 g/mol. The van der Waals surface area contributed by atoms with Crippen LogP contribution in [-0.2, 0) is 29.0 Å². The molecule has 1 aliphatic rings. The molecule has 1 aliphatic heterocycles. The molecule has 0 radical (unpaired) electrons. The zero-order chi connectivity index (χ0) is 28.8. The average molecular weight is 545 g/mol. The third-order valence-electron chi connectivity index (χ3n) is 8.09. The Hall–Kier alpha value is -3.55. The van der Waals surface area contributed by atoms with Crippen molar-refractivity contribution >= 4 is 17.3 Å². The van der Waals surface area contributed by atoms with Crippen LogP contribution in [0.4, 0.5) is 11.4 Å². The molecule has 0 fully saturated rings. The first-order chi connectivity index (χ1) is 19.3. The van der Waals surface area contributed by atoms with Crippen LogP contribution >= 0.6 is 0 Å². The van der Waals surface area contributed by atoms with Gasteiger partial charge in [-0.3, -0.25) is 15.5 Å². The molecule has 0 amide bonds. The SMILES string of the molecule is CCOC(=O)CC(c1ccc(C)c(CN2Cc3ccc(OC)cc3CC(C)C2)c1)c1ccc(NC)c(NN)c1C. The molecule has 7 heteroatoms. The summed E-state index contributed by atoms with van der Waals surface area (Å²) in [5.74, 6) is 7.00. The summed E-state index contributed by atoms with van der Waals surface area (Å²) >= 11 is 0. The number of aryl methyl sites for hydroxylation is 1. The second-order valence-electron chi connectivity index (χ2n) is 11.0. The molecule has 0 aliphatic carbocycles. The molecule has 7 nitrogen and oxygen atoms in total. The van der Waals surface area contributed by atoms with Gasteiger partial charge in [0.1, 0.15) is 5.75 Å². The van der Waals surface area contributed by atoms with Gasteiger partial charge in [-0.15, -0.1) is 0 Å². The van der Waals surface area contributed by atoms with Crippen LogP contribution in [-0.4, -0.2) is 38.2 Å². The molecule has 214 valence electrons. The predicted octanol–water partition coefficient (Wildman–Crippen LogP) is 5.92. The number of nitrogens with zero attached hydrogens (tertiary/aromatic N) is 1. The number of hydrogen-bond acceptors (Lipinski definition) is 7. The molecule has 3 aromatic carbocycles. The van der Waals surface area contributed by atoms with Gasteiger partial charge in [0.25, 0.3) is 0 Å². The topological polar surface area (TPSA) is 88.8 Å². The fraction of sp³-hybridized carbons (Fsp3) is 0.424. The molecule has 4 N–H and O–H groups in total. The quantitative estimate of drug-likeness (QED) is 0.166. The van der Waals surface area contributed by atoms with Gasteiger partial charge >= 0.3 is 5.97 Å². The van der Waals surface area contributed by atoms with Gasteiger partial charge in [-0.05, 0) is 90.3 Å². The number of nitrogen functional groups attached to an aromatic ring is 1. The minimum atomic E-state index is -0.206. The Balaban J connectivity index is 1.69. The molecule has 4 rings (SSSR count). The van der Waals surface area contributed by atoms with E-state index in [4.69, 9.17) is 15.3 Å². The average Bonchev–Trinajstić information content (AvgIpc) is 3.09. The Morgan fingerprint density at radius 1 is 1.12 bits per heavy atom. The minimum absolute atomic E-state index is 0.160. The van der Waals surface area contributed by atoms with E-state index < -0.39 is 0 Å². The van der Waals surface area contributed by atoms with E-state index in [1.54, 1.807) is 7.11 Å². The summed E-state index contributed by atoms with van der Waals surface area (Å²) in [6, 6.07) is 17.2. The van der Waals surface area contributed by atoms with Crippen LogP contribution < -0.4 is 21.3 Å². The van der Waals surface area contributed by atoms with Crippen molar-refractivity contribution in [2.45, 2.75) is 59.5 Å². The number of fused-ring (bicyclic) bond motifs is 1. The first kappa shape index (κ1) is 29.4. The van der Waals surface area contributed by atoms with Crippen molar-refractivity contribution < 1.29 is 14.3 Å². The highest BCUT2D eigenvalue weighted by Crippen LogP contribution is 2.38. The Labute approximate surface area is 239 Å². The summed E-state index contributed by atoms with van der Waals surface area (Å²) in [5.41, 5.74) is 13.0. The van der Waals surface area contributed by atoms with E-state index in [9.17, 15) is 4.79 Å². The number of hydrogen-bond donors (Lipinski definition) is 3.